The number of amides is 10. The molecule has 0 radical (unpaired) electrons. The molecule has 13 N–H and O–H groups in total. The summed E-state index contributed by atoms with van der Waals surface area (Å²) in [5, 5.41) is 46.2. The molecular weight excluding hydrogens is 1610 g/mol. The largest absolute Gasteiger partial charge is 0.491 e. The molecule has 9 rings (SSSR count). The maximum Gasteiger partial charge on any atom is 0.291 e. The molecule has 1 atom stereocenters. The number of aromatic nitrogens is 8. The number of halogens is 1. The van der Waals surface area contributed by atoms with Gasteiger partial charge in [-0.3, -0.25) is 68.7 Å². The molecule has 0 aliphatic carbocycles. The van der Waals surface area contributed by atoms with Gasteiger partial charge in [-0.05, 0) is 108 Å². The van der Waals surface area contributed by atoms with Gasteiger partial charge in [0.15, 0.2) is 23.3 Å². The Morgan fingerprint density at radius 1 is 0.545 bits per heavy atom. The summed E-state index contributed by atoms with van der Waals surface area (Å²) in [7, 11) is 8.42. The second-order valence-electron chi connectivity index (χ2n) is 27.9. The van der Waals surface area contributed by atoms with Crippen molar-refractivity contribution in [1.29, 1.82) is 10.8 Å². The molecule has 0 saturated heterocycles. The van der Waals surface area contributed by atoms with Gasteiger partial charge in [0.1, 0.15) is 46.5 Å². The molecule has 8 aromatic rings. The van der Waals surface area contributed by atoms with Crippen LogP contribution in [0.15, 0.2) is 103 Å². The maximum atomic E-state index is 13.5. The third-order valence-corrected chi connectivity index (χ3v) is 19.9. The van der Waals surface area contributed by atoms with Crippen molar-refractivity contribution in [2.45, 2.75) is 71.8 Å². The van der Waals surface area contributed by atoms with Crippen molar-refractivity contribution in [1.82, 2.24) is 69.7 Å². The lowest BCUT2D eigenvalue weighted by atomic mass is 9.99. The molecule has 121 heavy (non-hydrogen) atoms. The molecule has 10 amide bonds. The monoisotopic (exact) mass is 1710 g/mol. The Hall–Kier alpha value is -12.3. The molecular formula is C80H104ClN23O16S. The van der Waals surface area contributed by atoms with Crippen LogP contribution in [0.2, 0.25) is 5.02 Å². The standard InChI is InChI=1S/C80H104ClN23O16S/c1-50-51(2)121-80-69(50)70(53-11-13-54(81)14-12-53)94-59(71(83)104(80)52(3)82)45-68(109)91-55-15-17-58(18-16-55)120-42-41-119-40-39-118-38-37-117-36-35-116-34-33-115-32-22-65(106)85-24-10-30-99(4)29-9-23-84-64(105)19-25-89-77(112)72-90-46-62(97-72)95-66(107)20-26-87-76(111)61-44-57(48-102(61)7)93-79(114)74-98-63(49-103(74)8)96-67(108)21-27-88-75(110)60-43-56(47-101(60)6)92-78(113)73-86-28-31-100(73)5/h11-18,28,31,43-44,46-49,59,82-83H,9-10,19-27,29-30,32-42,45H2,1-8H3,(H,84,105)(H,85,106)(H,87,111)(H,88,110)(H,89,112)(H,90,97)(H,91,109)(H,92,113)(H,93,114)(H,95,107)(H,96,108)/t59-/m0/s1. The van der Waals surface area contributed by atoms with Crippen molar-refractivity contribution >= 4 is 133 Å². The Bertz CT molecular complexity index is 4950. The number of nitrogens with one attached hydrogen (secondary N) is 13. The number of hydrogen-bond acceptors (Lipinski definition) is 24. The van der Waals surface area contributed by atoms with Gasteiger partial charge in [0.05, 0.1) is 89.6 Å². The highest BCUT2D eigenvalue weighted by Gasteiger charge is 2.35. The van der Waals surface area contributed by atoms with Crippen LogP contribution in [0.4, 0.5) is 33.7 Å². The van der Waals surface area contributed by atoms with Crippen molar-refractivity contribution < 1.29 is 76.4 Å². The summed E-state index contributed by atoms with van der Waals surface area (Å²) < 4.78 is 39.7. The number of rotatable bonds is 49. The molecule has 0 unspecified atom stereocenters. The van der Waals surface area contributed by atoms with Crippen LogP contribution < -0.4 is 62.8 Å². The normalized spacial score (nSPS) is 12.4. The molecule has 1 aliphatic heterocycles. The van der Waals surface area contributed by atoms with E-state index in [1.807, 2.05) is 33.0 Å². The van der Waals surface area contributed by atoms with E-state index in [9.17, 15) is 47.9 Å². The summed E-state index contributed by atoms with van der Waals surface area (Å²) in [5.74, 6) is -3.41. The van der Waals surface area contributed by atoms with Gasteiger partial charge in [-0.2, -0.15) is 0 Å². The zero-order chi connectivity index (χ0) is 86.9. The number of nitrogens with zero attached hydrogens (tertiary/aromatic N) is 10. The molecule has 0 spiro atoms. The third kappa shape index (κ3) is 29.0. The van der Waals surface area contributed by atoms with E-state index < -0.39 is 47.4 Å². The van der Waals surface area contributed by atoms with Crippen molar-refractivity contribution in [3.8, 4) is 5.75 Å². The second-order valence-corrected chi connectivity index (χ2v) is 29.6. The maximum absolute atomic E-state index is 13.5. The average Bonchev–Trinajstić information content (AvgIpc) is 1.60. The fourth-order valence-corrected chi connectivity index (χ4v) is 13.5. The Labute approximate surface area is 707 Å². The van der Waals surface area contributed by atoms with Crippen LogP contribution in [0.25, 0.3) is 0 Å². The summed E-state index contributed by atoms with van der Waals surface area (Å²) in [5.41, 5.74) is 4.88. The predicted octanol–water partition coefficient (Wildman–Crippen LogP) is 5.55. The van der Waals surface area contributed by atoms with E-state index in [-0.39, 0.29) is 134 Å². The number of aromatic amines is 1. The van der Waals surface area contributed by atoms with Gasteiger partial charge >= 0.3 is 0 Å². The van der Waals surface area contributed by atoms with Gasteiger partial charge in [0.2, 0.25) is 35.4 Å². The van der Waals surface area contributed by atoms with Crippen LogP contribution in [0.1, 0.15) is 126 Å². The molecule has 0 fully saturated rings. The van der Waals surface area contributed by atoms with Gasteiger partial charge < -0.3 is 110 Å². The van der Waals surface area contributed by atoms with Crippen LogP contribution in [-0.2, 0) is 75.8 Å². The first-order valence-corrected chi connectivity index (χ1v) is 40.3. The van der Waals surface area contributed by atoms with E-state index in [0.29, 0.717) is 120 Å². The van der Waals surface area contributed by atoms with Crippen molar-refractivity contribution in [3.05, 3.63) is 153 Å². The number of fused-ring (bicyclic) bond motifs is 1. The Morgan fingerprint density at radius 3 is 1.62 bits per heavy atom. The zero-order valence-corrected chi connectivity index (χ0v) is 70.4. The minimum absolute atomic E-state index is 0.0215. The lowest BCUT2D eigenvalue weighted by molar-refractivity contribution is -0.122. The van der Waals surface area contributed by atoms with Crippen LogP contribution >= 0.6 is 22.9 Å². The van der Waals surface area contributed by atoms with Gasteiger partial charge in [0.25, 0.3) is 29.5 Å². The number of hydrogen-bond donors (Lipinski definition) is 13. The number of carbonyl (C=O) groups is 10. The van der Waals surface area contributed by atoms with E-state index in [1.54, 1.807) is 93.4 Å². The first-order valence-electron chi connectivity index (χ1n) is 39.1. The Kier molecular flexibility index (Phi) is 35.9. The fraction of sp³-hybridized carbons (Fsp3) is 0.425. The third-order valence-electron chi connectivity index (χ3n) is 18.5. The highest BCUT2D eigenvalue weighted by atomic mass is 35.5. The highest BCUT2D eigenvalue weighted by Crippen LogP contribution is 2.40. The van der Waals surface area contributed by atoms with E-state index in [1.165, 1.54) is 62.0 Å². The zero-order valence-electron chi connectivity index (χ0n) is 68.8. The molecule has 39 nitrogen and oxygen atoms in total. The van der Waals surface area contributed by atoms with Gasteiger partial charge in [-0.15, -0.1) is 11.3 Å². The number of anilines is 6. The van der Waals surface area contributed by atoms with Gasteiger partial charge in [-0.25, -0.2) is 15.0 Å². The molecule has 0 saturated carbocycles. The number of imidazole rings is 3. The quantitative estimate of drug-likeness (QED) is 0.0126. The number of thiophene rings is 1. The number of ether oxygens (including phenoxy) is 6. The summed E-state index contributed by atoms with van der Waals surface area (Å²) in [6.07, 6.45) is 10.2. The number of H-pyrrole nitrogens is 1. The minimum Gasteiger partial charge on any atom is -0.491 e. The van der Waals surface area contributed by atoms with Crippen molar-refractivity contribution in [2.75, 3.05) is 157 Å². The topological polar surface area (TPSA) is 487 Å². The molecule has 7 heterocycles. The molecule has 0 bridgehead atoms. The van der Waals surface area contributed by atoms with Crippen molar-refractivity contribution in [3.63, 3.8) is 0 Å². The second kappa shape index (κ2) is 46.9. The highest BCUT2D eigenvalue weighted by molar-refractivity contribution is 7.17. The van der Waals surface area contributed by atoms with Crippen LogP contribution in [-0.4, -0.2) is 251 Å². The van der Waals surface area contributed by atoms with E-state index in [0.717, 1.165) is 39.5 Å². The summed E-state index contributed by atoms with van der Waals surface area (Å²) in [6.45, 7) is 11.8. The van der Waals surface area contributed by atoms with Crippen molar-refractivity contribution in [2.24, 2.45) is 33.2 Å². The lowest BCUT2D eigenvalue weighted by Crippen LogP contribution is -2.41. The average molecular weight is 1710 g/mol. The summed E-state index contributed by atoms with van der Waals surface area (Å²) in [4.78, 5) is 153. The number of aryl methyl sites for hydroxylation is 5. The predicted molar refractivity (Wildman–Crippen MR) is 455 cm³/mol. The lowest BCUT2D eigenvalue weighted by Gasteiger charge is -2.24. The first-order chi connectivity index (χ1) is 58.2. The molecule has 1 aliphatic rings. The van der Waals surface area contributed by atoms with Crippen LogP contribution in [0, 0.1) is 24.7 Å². The number of aliphatic imine (C=N–C) groups is 1. The first kappa shape index (κ1) is 92.6. The smallest absolute Gasteiger partial charge is 0.291 e. The minimum atomic E-state index is -0.862. The summed E-state index contributed by atoms with van der Waals surface area (Å²) >= 11 is 7.72. The molecule has 2 aromatic carbocycles. The molecule has 6 aromatic heterocycles. The van der Waals surface area contributed by atoms with E-state index >= 15 is 0 Å². The Balaban J connectivity index is 0.510. The SMILES string of the molecule is CC(=N)N1C(=N)[C@H](CC(=O)Nc2ccc(OCCOCCOCCOCCOCCOCCC(=O)NCCCN(C)CCCNC(=O)CCNC(=O)c3nc(NC(=O)CCNC(=O)c4cc(NC(=O)c5nc(NC(=O)CCNC(=O)c6cc(NC(=O)c7nccn7C)cn6C)cn5C)cn4C)c[nH]3)cc2)N=C(c2ccc(Cl)cc2)c2c1sc(C)c2C. The molecule has 41 heteroatoms. The van der Waals surface area contributed by atoms with Gasteiger partial charge in [-0.1, -0.05) is 23.7 Å². The summed E-state index contributed by atoms with van der Waals surface area (Å²) in [6, 6.07) is 16.3. The number of benzene rings is 2. The van der Waals surface area contributed by atoms with E-state index in [4.69, 9.17) is 55.8 Å². The van der Waals surface area contributed by atoms with E-state index in [2.05, 4.69) is 78.0 Å². The van der Waals surface area contributed by atoms with Gasteiger partial charge in [0, 0.05) is 150 Å². The fourth-order valence-electron chi connectivity index (χ4n) is 12.2. The Morgan fingerprint density at radius 2 is 1.07 bits per heavy atom. The number of carbonyl (C=O) groups excluding carboxylic acids is 10. The molecule has 648 valence electrons. The number of amidine groups is 2. The van der Waals surface area contributed by atoms with Crippen LogP contribution in [0.3, 0.4) is 0 Å². The van der Waals surface area contributed by atoms with Crippen LogP contribution in [0.5, 0.6) is 5.75 Å².